The Morgan fingerprint density at radius 3 is 2.63 bits per heavy atom. The molecular formula is C16H25NO2. The van der Waals surface area contributed by atoms with E-state index in [-0.39, 0.29) is 0 Å². The van der Waals surface area contributed by atoms with Gasteiger partial charge < -0.3 is 15.2 Å². The first-order chi connectivity index (χ1) is 9.33. The van der Waals surface area contributed by atoms with Crippen LogP contribution in [0, 0.1) is 0 Å². The van der Waals surface area contributed by atoms with E-state index in [9.17, 15) is 0 Å². The van der Waals surface area contributed by atoms with E-state index in [1.54, 1.807) is 7.11 Å². The first-order valence-electron chi connectivity index (χ1n) is 7.24. The Morgan fingerprint density at radius 1 is 1.16 bits per heavy atom. The summed E-state index contributed by atoms with van der Waals surface area (Å²) in [6.45, 7) is 1.38. The number of hydrogen-bond acceptors (Lipinski definition) is 3. The van der Waals surface area contributed by atoms with Crippen molar-refractivity contribution >= 4 is 0 Å². The van der Waals surface area contributed by atoms with Gasteiger partial charge in [0, 0.05) is 7.11 Å². The van der Waals surface area contributed by atoms with Crippen LogP contribution < -0.4 is 5.73 Å². The molecule has 2 atom stereocenters. The minimum atomic E-state index is 0.338. The fraction of sp³-hybridized carbons (Fsp3) is 0.625. The Morgan fingerprint density at radius 2 is 1.89 bits per heavy atom. The molecule has 1 saturated carbocycles. The fourth-order valence-electron chi connectivity index (χ4n) is 2.77. The molecule has 0 aromatic heterocycles. The SMILES string of the molecule is COC1CCCC(OCc2ccccc2CCN)C1. The molecule has 0 heterocycles. The first kappa shape index (κ1) is 14.5. The van der Waals surface area contributed by atoms with E-state index < -0.39 is 0 Å². The monoisotopic (exact) mass is 263 g/mol. The van der Waals surface area contributed by atoms with Gasteiger partial charge >= 0.3 is 0 Å². The molecule has 3 nitrogen and oxygen atoms in total. The maximum absolute atomic E-state index is 6.07. The van der Waals surface area contributed by atoms with Gasteiger partial charge in [0.1, 0.15) is 0 Å². The molecule has 0 amide bonds. The highest BCUT2D eigenvalue weighted by Gasteiger charge is 2.22. The molecular weight excluding hydrogens is 238 g/mol. The Kier molecular flexibility index (Phi) is 5.83. The van der Waals surface area contributed by atoms with Crippen molar-refractivity contribution in [2.45, 2.75) is 50.9 Å². The molecule has 19 heavy (non-hydrogen) atoms. The number of rotatable bonds is 6. The van der Waals surface area contributed by atoms with Gasteiger partial charge in [-0.25, -0.2) is 0 Å². The molecule has 0 saturated heterocycles. The molecule has 0 bridgehead atoms. The van der Waals surface area contributed by atoms with Gasteiger partial charge in [-0.3, -0.25) is 0 Å². The molecule has 2 N–H and O–H groups in total. The molecule has 2 unspecified atom stereocenters. The standard InChI is InChI=1S/C16H25NO2/c1-18-15-7-4-8-16(11-15)19-12-14-6-3-2-5-13(14)9-10-17/h2-3,5-6,15-16H,4,7-12,17H2,1H3. The summed E-state index contributed by atoms with van der Waals surface area (Å²) in [6.07, 6.45) is 6.18. The number of benzene rings is 1. The van der Waals surface area contributed by atoms with E-state index in [0.29, 0.717) is 25.4 Å². The number of nitrogens with two attached hydrogens (primary N) is 1. The molecule has 1 fully saturated rings. The molecule has 1 aliphatic rings. The highest BCUT2D eigenvalue weighted by molar-refractivity contribution is 5.26. The van der Waals surface area contributed by atoms with Crippen molar-refractivity contribution in [3.05, 3.63) is 35.4 Å². The van der Waals surface area contributed by atoms with E-state index in [0.717, 1.165) is 19.3 Å². The quantitative estimate of drug-likeness (QED) is 0.858. The maximum Gasteiger partial charge on any atom is 0.0723 e. The van der Waals surface area contributed by atoms with Gasteiger partial charge in [0.2, 0.25) is 0 Å². The van der Waals surface area contributed by atoms with Crippen molar-refractivity contribution < 1.29 is 9.47 Å². The van der Waals surface area contributed by atoms with Gasteiger partial charge in [-0.05, 0) is 49.8 Å². The normalized spacial score (nSPS) is 23.5. The molecule has 0 aliphatic heterocycles. The summed E-state index contributed by atoms with van der Waals surface area (Å²) >= 11 is 0. The van der Waals surface area contributed by atoms with Crippen LogP contribution in [0.3, 0.4) is 0 Å². The number of methoxy groups -OCH3 is 1. The molecule has 3 heteroatoms. The van der Waals surface area contributed by atoms with Crippen LogP contribution in [0.5, 0.6) is 0 Å². The van der Waals surface area contributed by atoms with Crippen molar-refractivity contribution in [1.29, 1.82) is 0 Å². The summed E-state index contributed by atoms with van der Waals surface area (Å²) in [5, 5.41) is 0. The van der Waals surface area contributed by atoms with Crippen LogP contribution in [0.25, 0.3) is 0 Å². The third-order valence-electron chi connectivity index (χ3n) is 3.92. The van der Waals surface area contributed by atoms with Gasteiger partial charge in [-0.15, -0.1) is 0 Å². The summed E-state index contributed by atoms with van der Waals surface area (Å²) in [4.78, 5) is 0. The average molecular weight is 263 g/mol. The zero-order chi connectivity index (χ0) is 13.5. The Hall–Kier alpha value is -0.900. The molecule has 1 aromatic rings. The van der Waals surface area contributed by atoms with E-state index >= 15 is 0 Å². The Bertz CT molecular complexity index is 381. The van der Waals surface area contributed by atoms with Gasteiger partial charge in [-0.2, -0.15) is 0 Å². The summed E-state index contributed by atoms with van der Waals surface area (Å²) in [6, 6.07) is 8.42. The third kappa shape index (κ3) is 4.30. The van der Waals surface area contributed by atoms with Crippen LogP contribution in [0.4, 0.5) is 0 Å². The smallest absolute Gasteiger partial charge is 0.0723 e. The lowest BCUT2D eigenvalue weighted by atomic mass is 9.95. The van der Waals surface area contributed by atoms with E-state index in [4.69, 9.17) is 15.2 Å². The second-order valence-electron chi connectivity index (χ2n) is 5.26. The van der Waals surface area contributed by atoms with Gasteiger partial charge in [-0.1, -0.05) is 24.3 Å². The molecule has 0 spiro atoms. The van der Waals surface area contributed by atoms with Crippen LogP contribution in [0.1, 0.15) is 36.8 Å². The van der Waals surface area contributed by atoms with Crippen molar-refractivity contribution in [3.63, 3.8) is 0 Å². The molecule has 2 rings (SSSR count). The summed E-state index contributed by atoms with van der Waals surface area (Å²) in [5.41, 5.74) is 8.23. The van der Waals surface area contributed by atoms with E-state index in [1.807, 2.05) is 0 Å². The summed E-state index contributed by atoms with van der Waals surface area (Å²) in [7, 11) is 1.80. The van der Waals surface area contributed by atoms with Crippen LogP contribution in [0.15, 0.2) is 24.3 Å². The van der Waals surface area contributed by atoms with E-state index in [2.05, 4.69) is 24.3 Å². The maximum atomic E-state index is 6.07. The van der Waals surface area contributed by atoms with Crippen molar-refractivity contribution in [3.8, 4) is 0 Å². The highest BCUT2D eigenvalue weighted by Crippen LogP contribution is 2.24. The summed E-state index contributed by atoms with van der Waals surface area (Å²) < 4.78 is 11.5. The second-order valence-corrected chi connectivity index (χ2v) is 5.26. The third-order valence-corrected chi connectivity index (χ3v) is 3.92. The zero-order valence-electron chi connectivity index (χ0n) is 11.8. The Labute approximate surface area is 116 Å². The minimum Gasteiger partial charge on any atom is -0.381 e. The highest BCUT2D eigenvalue weighted by atomic mass is 16.5. The Balaban J connectivity index is 1.87. The lowest BCUT2D eigenvalue weighted by Crippen LogP contribution is -2.27. The van der Waals surface area contributed by atoms with Gasteiger partial charge in [0.05, 0.1) is 18.8 Å². The number of ether oxygens (including phenoxy) is 2. The predicted molar refractivity (Wildman–Crippen MR) is 77.0 cm³/mol. The average Bonchev–Trinajstić information content (AvgIpc) is 2.47. The number of hydrogen-bond donors (Lipinski definition) is 1. The lowest BCUT2D eigenvalue weighted by molar-refractivity contribution is -0.0364. The second kappa shape index (κ2) is 7.63. The topological polar surface area (TPSA) is 44.5 Å². The predicted octanol–water partition coefficient (Wildman–Crippen LogP) is 2.66. The largest absolute Gasteiger partial charge is 0.381 e. The minimum absolute atomic E-state index is 0.338. The van der Waals surface area contributed by atoms with Crippen LogP contribution in [0.2, 0.25) is 0 Å². The first-order valence-corrected chi connectivity index (χ1v) is 7.24. The van der Waals surface area contributed by atoms with Gasteiger partial charge in [0.15, 0.2) is 0 Å². The molecule has 1 aliphatic carbocycles. The van der Waals surface area contributed by atoms with E-state index in [1.165, 1.54) is 24.0 Å². The molecule has 1 aromatic carbocycles. The van der Waals surface area contributed by atoms with Crippen molar-refractivity contribution in [1.82, 2.24) is 0 Å². The van der Waals surface area contributed by atoms with Crippen molar-refractivity contribution in [2.75, 3.05) is 13.7 Å². The lowest BCUT2D eigenvalue weighted by Gasteiger charge is -2.28. The summed E-state index contributed by atoms with van der Waals surface area (Å²) in [5.74, 6) is 0. The van der Waals surface area contributed by atoms with Gasteiger partial charge in [0.25, 0.3) is 0 Å². The van der Waals surface area contributed by atoms with Crippen LogP contribution in [-0.2, 0) is 22.5 Å². The van der Waals surface area contributed by atoms with Crippen molar-refractivity contribution in [2.24, 2.45) is 5.73 Å². The fourth-order valence-corrected chi connectivity index (χ4v) is 2.77. The van der Waals surface area contributed by atoms with Crippen LogP contribution in [-0.4, -0.2) is 25.9 Å². The molecule has 0 radical (unpaired) electrons. The zero-order valence-corrected chi connectivity index (χ0v) is 11.8. The van der Waals surface area contributed by atoms with Crippen LogP contribution >= 0.6 is 0 Å². The molecule has 106 valence electrons.